The molecule has 0 aromatic heterocycles. The Hall–Kier alpha value is -0.370. The third-order valence-electron chi connectivity index (χ3n) is 8.38. The number of aliphatic hydroxyl groups excluding tert-OH is 1. The highest BCUT2D eigenvalue weighted by atomic mass is 16.3. The lowest BCUT2D eigenvalue weighted by molar-refractivity contribution is -0.209. The van der Waals surface area contributed by atoms with Crippen LogP contribution < -0.4 is 0 Å². The van der Waals surface area contributed by atoms with Crippen molar-refractivity contribution in [2.45, 2.75) is 123 Å². The molecule has 3 aliphatic carbocycles. The molecule has 1 N–H and O–H groups in total. The van der Waals surface area contributed by atoms with Gasteiger partial charge in [0.2, 0.25) is 0 Å². The average Bonchev–Trinajstić information content (AvgIpc) is 2.69. The molecule has 3 saturated carbocycles. The van der Waals surface area contributed by atoms with Gasteiger partial charge in [0.15, 0.2) is 0 Å². The molecule has 2 spiro atoms. The zero-order chi connectivity index (χ0) is 18.6. The minimum absolute atomic E-state index is 0.337. The van der Waals surface area contributed by atoms with E-state index in [0.717, 1.165) is 37.5 Å². The molecule has 2 nitrogen and oxygen atoms in total. The van der Waals surface area contributed by atoms with Crippen molar-refractivity contribution < 1.29 is 9.90 Å². The number of unbranched alkanes of at least 4 members (excludes halogenated alkanes) is 4. The quantitative estimate of drug-likeness (QED) is 0.504. The maximum Gasteiger partial charge on any atom is 0.150 e. The highest BCUT2D eigenvalue weighted by Gasteiger charge is 2.70. The maximum atomic E-state index is 13.3. The summed E-state index contributed by atoms with van der Waals surface area (Å²) < 4.78 is 0. The van der Waals surface area contributed by atoms with E-state index in [1.807, 2.05) is 0 Å². The first-order chi connectivity index (χ1) is 12.6. The van der Waals surface area contributed by atoms with Gasteiger partial charge in [0, 0.05) is 0 Å². The fourth-order valence-corrected chi connectivity index (χ4v) is 6.53. The summed E-state index contributed by atoms with van der Waals surface area (Å²) in [7, 11) is 0. The lowest BCUT2D eigenvalue weighted by Gasteiger charge is -2.62. The monoisotopic (exact) mass is 362 g/mol. The molecule has 0 amide bonds. The number of ketones is 1. The van der Waals surface area contributed by atoms with Gasteiger partial charge in [0.05, 0.1) is 16.9 Å². The lowest BCUT2D eigenvalue weighted by Crippen LogP contribution is -2.70. The van der Waals surface area contributed by atoms with E-state index in [-0.39, 0.29) is 16.9 Å². The number of rotatable bonds is 8. The smallest absolute Gasteiger partial charge is 0.150 e. The molecule has 0 heterocycles. The standard InChI is InChI=1S/C24H42O2/c1-3-5-7-9-19-11-15-23(16-12-19)21(25)24(22(23)26)17-13-20(14-18-24)10-8-6-4-2/h19-21,25H,3-18H2,1-2H3. The van der Waals surface area contributed by atoms with Crippen molar-refractivity contribution in [2.24, 2.45) is 22.7 Å². The van der Waals surface area contributed by atoms with E-state index in [0.29, 0.717) is 5.78 Å². The zero-order valence-electron chi connectivity index (χ0n) is 17.4. The molecular formula is C24H42O2. The highest BCUT2D eigenvalue weighted by Crippen LogP contribution is 2.64. The Bertz CT molecular complexity index is 413. The van der Waals surface area contributed by atoms with Crippen LogP contribution in [0.15, 0.2) is 0 Å². The normalized spacial score (nSPS) is 40.1. The van der Waals surface area contributed by atoms with Crippen LogP contribution in [0.4, 0.5) is 0 Å². The molecule has 0 unspecified atom stereocenters. The molecule has 0 bridgehead atoms. The predicted octanol–water partition coefficient (Wildman–Crippen LogP) is 6.44. The summed E-state index contributed by atoms with van der Waals surface area (Å²) in [5.74, 6) is 2.08. The molecule has 0 aliphatic heterocycles. The molecule has 0 atom stereocenters. The second kappa shape index (κ2) is 8.76. The van der Waals surface area contributed by atoms with Crippen molar-refractivity contribution in [3.8, 4) is 0 Å². The molecule has 0 radical (unpaired) electrons. The molecule has 0 saturated heterocycles. The van der Waals surface area contributed by atoms with Gasteiger partial charge in [0.25, 0.3) is 0 Å². The molecule has 3 aliphatic rings. The van der Waals surface area contributed by atoms with Crippen LogP contribution in [0.1, 0.15) is 117 Å². The first kappa shape index (κ1) is 20.4. The fourth-order valence-electron chi connectivity index (χ4n) is 6.53. The van der Waals surface area contributed by atoms with E-state index in [1.54, 1.807) is 0 Å². The largest absolute Gasteiger partial charge is 0.391 e. The highest BCUT2D eigenvalue weighted by molar-refractivity contribution is 5.98. The van der Waals surface area contributed by atoms with Crippen LogP contribution in [-0.2, 0) is 4.79 Å². The average molecular weight is 363 g/mol. The van der Waals surface area contributed by atoms with Gasteiger partial charge in [-0.1, -0.05) is 65.2 Å². The van der Waals surface area contributed by atoms with Crippen LogP contribution in [0.2, 0.25) is 0 Å². The maximum absolute atomic E-state index is 13.3. The van der Waals surface area contributed by atoms with E-state index < -0.39 is 0 Å². The SMILES string of the molecule is CCCCCC1CCC2(CC1)C(=O)C1(CCC(CCCCC)CC1)C2O. The van der Waals surface area contributed by atoms with Gasteiger partial charge in [-0.25, -0.2) is 0 Å². The molecule has 0 aromatic rings. The molecule has 2 heteroatoms. The number of carbonyl (C=O) groups excluding carboxylic acids is 1. The van der Waals surface area contributed by atoms with Gasteiger partial charge in [0.1, 0.15) is 5.78 Å². The van der Waals surface area contributed by atoms with E-state index in [1.165, 1.54) is 77.0 Å². The van der Waals surface area contributed by atoms with Crippen LogP contribution in [0.3, 0.4) is 0 Å². The molecular weight excluding hydrogens is 320 g/mol. The van der Waals surface area contributed by atoms with Gasteiger partial charge < -0.3 is 5.11 Å². The summed E-state index contributed by atoms with van der Waals surface area (Å²) in [5, 5.41) is 11.1. The van der Waals surface area contributed by atoms with Crippen molar-refractivity contribution in [3.05, 3.63) is 0 Å². The number of hydrogen-bond donors (Lipinski definition) is 1. The van der Waals surface area contributed by atoms with E-state index >= 15 is 0 Å². The number of aliphatic hydroxyl groups is 1. The number of hydrogen-bond acceptors (Lipinski definition) is 2. The summed E-state index contributed by atoms with van der Waals surface area (Å²) in [6.45, 7) is 4.52. The molecule has 3 rings (SSSR count). The fraction of sp³-hybridized carbons (Fsp3) is 0.958. The zero-order valence-corrected chi connectivity index (χ0v) is 17.4. The van der Waals surface area contributed by atoms with Crippen molar-refractivity contribution >= 4 is 5.78 Å². The first-order valence-corrected chi connectivity index (χ1v) is 11.8. The second-order valence-corrected chi connectivity index (χ2v) is 9.92. The molecule has 0 aromatic carbocycles. The van der Waals surface area contributed by atoms with E-state index in [9.17, 15) is 9.90 Å². The van der Waals surface area contributed by atoms with Crippen LogP contribution in [-0.4, -0.2) is 17.0 Å². The summed E-state index contributed by atoms with van der Waals surface area (Å²) in [6, 6.07) is 0. The first-order valence-electron chi connectivity index (χ1n) is 11.8. The van der Waals surface area contributed by atoms with Gasteiger partial charge in [-0.2, -0.15) is 0 Å². The topological polar surface area (TPSA) is 37.3 Å². The molecule has 26 heavy (non-hydrogen) atoms. The Morgan fingerprint density at radius 3 is 1.46 bits per heavy atom. The molecule has 150 valence electrons. The number of Topliss-reactive ketones (excluding diaryl/α,β-unsaturated/α-hetero) is 1. The summed E-state index contributed by atoms with van der Waals surface area (Å²) >= 11 is 0. The van der Waals surface area contributed by atoms with Gasteiger partial charge in [-0.3, -0.25) is 4.79 Å². The van der Waals surface area contributed by atoms with Crippen LogP contribution >= 0.6 is 0 Å². The Labute approximate surface area is 161 Å². The van der Waals surface area contributed by atoms with Crippen molar-refractivity contribution in [3.63, 3.8) is 0 Å². The molecule has 3 fully saturated rings. The van der Waals surface area contributed by atoms with Gasteiger partial charge in [-0.05, 0) is 63.2 Å². The predicted molar refractivity (Wildman–Crippen MR) is 108 cm³/mol. The Morgan fingerprint density at radius 2 is 1.15 bits per heavy atom. The Kier molecular flexibility index (Phi) is 6.86. The second-order valence-electron chi connectivity index (χ2n) is 9.92. The lowest BCUT2D eigenvalue weighted by atomic mass is 9.41. The van der Waals surface area contributed by atoms with Crippen LogP contribution in [0.5, 0.6) is 0 Å². The van der Waals surface area contributed by atoms with Crippen LogP contribution in [0, 0.1) is 22.7 Å². The van der Waals surface area contributed by atoms with E-state index in [2.05, 4.69) is 13.8 Å². The summed E-state index contributed by atoms with van der Waals surface area (Å²) in [6.07, 6.45) is 18.8. The van der Waals surface area contributed by atoms with Gasteiger partial charge >= 0.3 is 0 Å². The van der Waals surface area contributed by atoms with Crippen molar-refractivity contribution in [1.82, 2.24) is 0 Å². The van der Waals surface area contributed by atoms with Crippen LogP contribution in [0.25, 0.3) is 0 Å². The summed E-state index contributed by atoms with van der Waals surface area (Å²) in [5.41, 5.74) is -0.674. The summed E-state index contributed by atoms with van der Waals surface area (Å²) in [4.78, 5) is 13.3. The third-order valence-corrected chi connectivity index (χ3v) is 8.38. The Morgan fingerprint density at radius 1 is 0.769 bits per heavy atom. The van der Waals surface area contributed by atoms with Crippen molar-refractivity contribution in [1.29, 1.82) is 0 Å². The van der Waals surface area contributed by atoms with Crippen molar-refractivity contribution in [2.75, 3.05) is 0 Å². The number of carbonyl (C=O) groups is 1. The Balaban J connectivity index is 1.48. The minimum Gasteiger partial charge on any atom is -0.391 e. The van der Waals surface area contributed by atoms with Gasteiger partial charge in [-0.15, -0.1) is 0 Å². The third kappa shape index (κ3) is 3.64. The van der Waals surface area contributed by atoms with E-state index in [4.69, 9.17) is 0 Å². The minimum atomic E-state index is -0.337.